The van der Waals surface area contributed by atoms with Crippen molar-refractivity contribution in [2.45, 2.75) is 18.7 Å². The van der Waals surface area contributed by atoms with Crippen LogP contribution in [-0.2, 0) is 14.6 Å². The van der Waals surface area contributed by atoms with Crippen LogP contribution >= 0.6 is 23.5 Å². The van der Waals surface area contributed by atoms with Crippen molar-refractivity contribution in [3.63, 3.8) is 0 Å². The molecule has 0 fully saturated rings. The van der Waals surface area contributed by atoms with E-state index in [-0.39, 0.29) is 21.0 Å². The van der Waals surface area contributed by atoms with Gasteiger partial charge in [0.2, 0.25) is 19.4 Å². The normalized spacial score (nSPS) is 16.6. The van der Waals surface area contributed by atoms with Gasteiger partial charge in [-0.1, -0.05) is 23.8 Å². The molecule has 0 spiro atoms. The smallest absolute Gasteiger partial charge is 0.283 e. The zero-order chi connectivity index (χ0) is 25.9. The fourth-order valence-corrected chi connectivity index (χ4v) is 5.65. The van der Waals surface area contributed by atoms with Crippen molar-refractivity contribution in [1.82, 2.24) is 5.01 Å². The number of nitrogens with zero attached hydrogens (tertiary/aromatic N) is 3. The Morgan fingerprint density at radius 2 is 1.89 bits per heavy atom. The van der Waals surface area contributed by atoms with Crippen molar-refractivity contribution in [1.29, 1.82) is 5.41 Å². The first-order valence-corrected chi connectivity index (χ1v) is 14.6. The van der Waals surface area contributed by atoms with Crippen molar-refractivity contribution >= 4 is 60.7 Å². The number of sulfone groups is 1. The molecule has 2 aliphatic heterocycles. The predicted molar refractivity (Wildman–Crippen MR) is 145 cm³/mol. The molecule has 0 radical (unpaired) electrons. The zero-order valence-corrected chi connectivity index (χ0v) is 22.3. The number of carbonyl (C=O) groups is 1. The third-order valence-corrected chi connectivity index (χ3v) is 8.52. The second-order valence-electron chi connectivity index (χ2n) is 7.81. The number of aliphatic imine (C=N–C) groups is 1. The van der Waals surface area contributed by atoms with Crippen molar-refractivity contribution < 1.29 is 22.7 Å². The van der Waals surface area contributed by atoms with Gasteiger partial charge in [-0.2, -0.15) is 10.0 Å². The minimum Gasteiger partial charge on any atom is -0.490 e. The molecule has 0 atom stereocenters. The lowest BCUT2D eigenvalue weighted by Gasteiger charge is -2.20. The van der Waals surface area contributed by atoms with Gasteiger partial charge in [0.05, 0.1) is 18.8 Å². The van der Waals surface area contributed by atoms with Crippen molar-refractivity contribution in [2.24, 2.45) is 10.1 Å². The van der Waals surface area contributed by atoms with E-state index in [0.29, 0.717) is 30.3 Å². The van der Waals surface area contributed by atoms with E-state index in [2.05, 4.69) is 41.3 Å². The van der Waals surface area contributed by atoms with Crippen molar-refractivity contribution in [2.75, 3.05) is 25.2 Å². The Morgan fingerprint density at radius 3 is 2.58 bits per heavy atom. The third kappa shape index (κ3) is 6.00. The number of fused-ring (bicyclic) bond motifs is 1. The molecule has 0 aliphatic carbocycles. The molecule has 1 N–H and O–H groups in total. The summed E-state index contributed by atoms with van der Waals surface area (Å²) in [4.78, 5) is 17.7. The third-order valence-electron chi connectivity index (χ3n) is 4.96. The SMILES string of the molecule is CCOc1cc(/C=C2/C(=N)N3N=C(S(C)(=O)=O)SC3=NC2=O)ccc1OCCSc1ccc(C)cc1. The van der Waals surface area contributed by atoms with Gasteiger partial charge in [0.15, 0.2) is 17.3 Å². The molecule has 36 heavy (non-hydrogen) atoms. The number of aryl methyl sites for hydroxylation is 1. The highest BCUT2D eigenvalue weighted by molar-refractivity contribution is 8.42. The molecule has 0 saturated carbocycles. The lowest BCUT2D eigenvalue weighted by atomic mass is 10.1. The van der Waals surface area contributed by atoms with E-state index in [0.717, 1.165) is 28.8 Å². The van der Waals surface area contributed by atoms with Gasteiger partial charge in [-0.3, -0.25) is 10.2 Å². The van der Waals surface area contributed by atoms with Crippen LogP contribution in [0.25, 0.3) is 6.08 Å². The molecule has 4 rings (SSSR count). The fourth-order valence-electron chi connectivity index (χ4n) is 3.24. The van der Waals surface area contributed by atoms with Crippen LogP contribution in [0.4, 0.5) is 0 Å². The monoisotopic (exact) mass is 544 g/mol. The number of hydrazone groups is 1. The number of benzene rings is 2. The standard InChI is InChI=1S/C24H24N4O5S3/c1-4-32-20-14-16(7-10-19(20)33-11-12-34-17-8-5-15(2)6-9-17)13-18-21(25)28-23(26-22(18)29)35-24(27-28)36(3,30)31/h5-10,13-14,25H,4,11-12H2,1-3H3/b18-13-,25-21?. The Kier molecular flexibility index (Phi) is 7.86. The molecule has 9 nitrogen and oxygen atoms in total. The maximum absolute atomic E-state index is 12.6. The molecular weight excluding hydrogens is 520 g/mol. The number of hydrogen-bond acceptors (Lipinski definition) is 9. The van der Waals surface area contributed by atoms with Gasteiger partial charge in [0.25, 0.3) is 5.91 Å². The van der Waals surface area contributed by atoms with Crippen LogP contribution in [0.3, 0.4) is 0 Å². The van der Waals surface area contributed by atoms with E-state index in [1.165, 1.54) is 16.5 Å². The van der Waals surface area contributed by atoms with Gasteiger partial charge in [-0.25, -0.2) is 8.42 Å². The van der Waals surface area contributed by atoms with Gasteiger partial charge in [-0.15, -0.1) is 16.9 Å². The molecule has 2 aromatic carbocycles. The summed E-state index contributed by atoms with van der Waals surface area (Å²) in [7, 11) is -3.59. The maximum atomic E-state index is 12.6. The molecule has 1 amide bonds. The van der Waals surface area contributed by atoms with E-state index in [1.807, 2.05) is 6.92 Å². The van der Waals surface area contributed by atoms with Gasteiger partial charge in [0.1, 0.15) is 0 Å². The zero-order valence-electron chi connectivity index (χ0n) is 19.8. The summed E-state index contributed by atoms with van der Waals surface area (Å²) in [5.41, 5.74) is 1.81. The van der Waals surface area contributed by atoms with Gasteiger partial charge in [-0.05, 0) is 61.5 Å². The summed E-state index contributed by atoms with van der Waals surface area (Å²) < 4.78 is 35.1. The molecule has 2 aliphatic rings. The quantitative estimate of drug-likeness (QED) is 0.298. The summed E-state index contributed by atoms with van der Waals surface area (Å²) >= 11 is 2.45. The average molecular weight is 545 g/mol. The Balaban J connectivity index is 1.48. The minimum absolute atomic E-state index is 0.0107. The number of amides is 1. The number of nitrogens with one attached hydrogen (secondary N) is 1. The van der Waals surface area contributed by atoms with Crippen LogP contribution in [-0.4, -0.2) is 59.9 Å². The van der Waals surface area contributed by atoms with E-state index in [9.17, 15) is 13.2 Å². The largest absolute Gasteiger partial charge is 0.490 e. The molecule has 0 saturated heterocycles. The van der Waals surface area contributed by atoms with Crippen LogP contribution in [0.5, 0.6) is 11.5 Å². The van der Waals surface area contributed by atoms with Gasteiger partial charge in [0, 0.05) is 16.9 Å². The molecule has 188 valence electrons. The van der Waals surface area contributed by atoms with E-state index < -0.39 is 15.7 Å². The second-order valence-corrected chi connectivity index (χ2v) is 12.1. The first kappa shape index (κ1) is 26.0. The van der Waals surface area contributed by atoms with E-state index in [1.54, 1.807) is 30.0 Å². The van der Waals surface area contributed by atoms with Crippen LogP contribution in [0, 0.1) is 12.3 Å². The first-order chi connectivity index (χ1) is 17.2. The highest BCUT2D eigenvalue weighted by Gasteiger charge is 2.38. The number of amidine groups is 2. The van der Waals surface area contributed by atoms with Crippen LogP contribution < -0.4 is 9.47 Å². The lowest BCUT2D eigenvalue weighted by Crippen LogP contribution is -2.35. The average Bonchev–Trinajstić information content (AvgIpc) is 3.27. The van der Waals surface area contributed by atoms with Crippen molar-refractivity contribution in [3.8, 4) is 11.5 Å². The number of thioether (sulfide) groups is 2. The predicted octanol–water partition coefficient (Wildman–Crippen LogP) is 4.19. The molecule has 2 aromatic rings. The fraction of sp³-hybridized carbons (Fsp3) is 0.250. The summed E-state index contributed by atoms with van der Waals surface area (Å²) in [5, 5.41) is 13.5. The lowest BCUT2D eigenvalue weighted by molar-refractivity contribution is -0.114. The minimum atomic E-state index is -3.59. The first-order valence-electron chi connectivity index (χ1n) is 10.9. The summed E-state index contributed by atoms with van der Waals surface area (Å²) in [6, 6.07) is 13.5. The number of rotatable bonds is 8. The highest BCUT2D eigenvalue weighted by atomic mass is 32.3. The Labute approximate surface area is 218 Å². The van der Waals surface area contributed by atoms with E-state index in [4.69, 9.17) is 14.9 Å². The topological polar surface area (TPSA) is 121 Å². The van der Waals surface area contributed by atoms with Crippen molar-refractivity contribution in [3.05, 3.63) is 59.2 Å². The molecule has 0 unspecified atom stereocenters. The Morgan fingerprint density at radius 1 is 1.14 bits per heavy atom. The Bertz CT molecular complexity index is 1400. The van der Waals surface area contributed by atoms with E-state index >= 15 is 0 Å². The van der Waals surface area contributed by atoms with Crippen LogP contribution in [0.15, 0.2) is 63.0 Å². The number of ether oxygens (including phenoxy) is 2. The van der Waals surface area contributed by atoms with Crippen LogP contribution in [0.1, 0.15) is 18.1 Å². The summed E-state index contributed by atoms with van der Waals surface area (Å²) in [5.74, 6) is 0.959. The molecule has 2 heterocycles. The molecule has 0 bridgehead atoms. The summed E-state index contributed by atoms with van der Waals surface area (Å²) in [6.45, 7) is 4.82. The molecule has 0 aromatic heterocycles. The van der Waals surface area contributed by atoms with Crippen LogP contribution in [0.2, 0.25) is 0 Å². The summed E-state index contributed by atoms with van der Waals surface area (Å²) in [6.07, 6.45) is 2.52. The molecule has 12 heteroatoms. The maximum Gasteiger partial charge on any atom is 0.283 e. The van der Waals surface area contributed by atoms with Gasteiger partial charge >= 0.3 is 0 Å². The number of hydrogen-bond donors (Lipinski definition) is 1. The second kappa shape index (κ2) is 10.9. The highest BCUT2D eigenvalue weighted by Crippen LogP contribution is 2.32. The Hall–Kier alpha value is -3.09. The molecular formula is C24H24N4O5S3. The van der Waals surface area contributed by atoms with Gasteiger partial charge < -0.3 is 9.47 Å². The number of carbonyl (C=O) groups excluding carboxylic acids is 1.